The lowest BCUT2D eigenvalue weighted by Crippen LogP contribution is -2.35. The number of carbonyl (C=O) groups excluding carboxylic acids is 1. The maximum atomic E-state index is 14.1. The summed E-state index contributed by atoms with van der Waals surface area (Å²) in [5, 5.41) is 9.47. The Morgan fingerprint density at radius 3 is 2.35 bits per heavy atom. The van der Waals surface area contributed by atoms with Gasteiger partial charge in [0.2, 0.25) is 11.9 Å². The SMILES string of the molecule is CCCN(CCC)C(=O)Cn1cc(Nc2ncc(F)c(NCc3c(F)cc(F)cc3F)n2)cn1. The van der Waals surface area contributed by atoms with Gasteiger partial charge < -0.3 is 15.5 Å². The number of benzene rings is 1. The number of hydrogen-bond donors (Lipinski definition) is 2. The molecule has 2 heterocycles. The first-order chi connectivity index (χ1) is 16.3. The average Bonchev–Trinajstić information content (AvgIpc) is 3.21. The van der Waals surface area contributed by atoms with Crippen molar-refractivity contribution in [3.8, 4) is 0 Å². The van der Waals surface area contributed by atoms with E-state index in [-0.39, 0.29) is 24.2 Å². The Balaban J connectivity index is 1.65. The first-order valence-electron chi connectivity index (χ1n) is 10.8. The highest BCUT2D eigenvalue weighted by Crippen LogP contribution is 2.19. The molecule has 1 aromatic carbocycles. The average molecular weight is 479 g/mol. The third kappa shape index (κ3) is 6.42. The van der Waals surface area contributed by atoms with Crippen molar-refractivity contribution >= 4 is 23.4 Å². The molecule has 0 aliphatic heterocycles. The molecule has 0 fully saturated rings. The van der Waals surface area contributed by atoms with Crippen LogP contribution < -0.4 is 10.6 Å². The van der Waals surface area contributed by atoms with Crippen LogP contribution in [0.3, 0.4) is 0 Å². The summed E-state index contributed by atoms with van der Waals surface area (Å²) >= 11 is 0. The highest BCUT2D eigenvalue weighted by molar-refractivity contribution is 5.76. The molecule has 12 heteroatoms. The fraction of sp³-hybridized carbons (Fsp3) is 0.364. The van der Waals surface area contributed by atoms with Gasteiger partial charge in [-0.1, -0.05) is 13.8 Å². The first-order valence-corrected chi connectivity index (χ1v) is 10.8. The Morgan fingerprint density at radius 1 is 1.03 bits per heavy atom. The van der Waals surface area contributed by atoms with Gasteiger partial charge in [0.25, 0.3) is 0 Å². The normalized spacial score (nSPS) is 10.9. The zero-order chi connectivity index (χ0) is 24.7. The predicted octanol–water partition coefficient (Wildman–Crippen LogP) is 4.23. The van der Waals surface area contributed by atoms with Gasteiger partial charge in [-0.05, 0) is 12.8 Å². The predicted molar refractivity (Wildman–Crippen MR) is 118 cm³/mol. The molecule has 1 amide bonds. The van der Waals surface area contributed by atoms with Crippen LogP contribution in [0.25, 0.3) is 0 Å². The van der Waals surface area contributed by atoms with Gasteiger partial charge in [0.1, 0.15) is 24.0 Å². The number of nitrogens with zero attached hydrogens (tertiary/aromatic N) is 5. The van der Waals surface area contributed by atoms with Gasteiger partial charge in [-0.25, -0.2) is 22.5 Å². The van der Waals surface area contributed by atoms with Crippen molar-refractivity contribution < 1.29 is 22.4 Å². The van der Waals surface area contributed by atoms with Crippen molar-refractivity contribution in [2.75, 3.05) is 23.7 Å². The quantitative estimate of drug-likeness (QED) is 0.400. The Bertz CT molecular complexity index is 1110. The van der Waals surface area contributed by atoms with Gasteiger partial charge >= 0.3 is 0 Å². The molecule has 0 aliphatic rings. The summed E-state index contributed by atoms with van der Waals surface area (Å²) in [6, 6.07) is 1.07. The van der Waals surface area contributed by atoms with Crippen molar-refractivity contribution in [2.45, 2.75) is 39.8 Å². The molecule has 0 aliphatic carbocycles. The second kappa shape index (κ2) is 11.4. The van der Waals surface area contributed by atoms with E-state index in [0.29, 0.717) is 30.9 Å². The largest absolute Gasteiger partial charge is 0.363 e. The number of rotatable bonds is 11. The molecular formula is C22H25F4N7O. The molecule has 0 radical (unpaired) electrons. The van der Waals surface area contributed by atoms with Crippen LogP contribution in [0.2, 0.25) is 0 Å². The molecule has 0 saturated carbocycles. The Morgan fingerprint density at radius 2 is 1.71 bits per heavy atom. The molecule has 34 heavy (non-hydrogen) atoms. The van der Waals surface area contributed by atoms with Gasteiger partial charge in [0.15, 0.2) is 11.6 Å². The minimum absolute atomic E-state index is 0.00609. The van der Waals surface area contributed by atoms with Gasteiger partial charge in [0.05, 0.1) is 18.1 Å². The number of halogens is 4. The zero-order valence-corrected chi connectivity index (χ0v) is 18.8. The number of anilines is 3. The van der Waals surface area contributed by atoms with Gasteiger partial charge in [0, 0.05) is 43.5 Å². The number of hydrogen-bond acceptors (Lipinski definition) is 6. The first kappa shape index (κ1) is 24.9. The van der Waals surface area contributed by atoms with Gasteiger partial charge in [-0.3, -0.25) is 9.48 Å². The van der Waals surface area contributed by atoms with E-state index in [0.717, 1.165) is 19.0 Å². The zero-order valence-electron chi connectivity index (χ0n) is 18.8. The van der Waals surface area contributed by atoms with Gasteiger partial charge in [-0.15, -0.1) is 0 Å². The minimum atomic E-state index is -1.10. The Kier molecular flexibility index (Phi) is 8.39. The fourth-order valence-electron chi connectivity index (χ4n) is 3.25. The van der Waals surface area contributed by atoms with Crippen LogP contribution in [0.5, 0.6) is 0 Å². The molecule has 2 aromatic heterocycles. The Labute approximate surface area is 194 Å². The van der Waals surface area contributed by atoms with Crippen LogP contribution in [-0.4, -0.2) is 43.6 Å². The van der Waals surface area contributed by atoms with E-state index < -0.39 is 35.4 Å². The summed E-state index contributed by atoms with van der Waals surface area (Å²) in [5.74, 6) is -4.47. The van der Waals surface area contributed by atoms with E-state index >= 15 is 0 Å². The van der Waals surface area contributed by atoms with Crippen molar-refractivity contribution in [1.29, 1.82) is 0 Å². The van der Waals surface area contributed by atoms with Crippen LogP contribution in [0.15, 0.2) is 30.7 Å². The highest BCUT2D eigenvalue weighted by Gasteiger charge is 2.15. The molecule has 3 rings (SSSR count). The summed E-state index contributed by atoms with van der Waals surface area (Å²) in [4.78, 5) is 22.1. The third-order valence-electron chi connectivity index (χ3n) is 4.81. The van der Waals surface area contributed by atoms with Gasteiger partial charge in [-0.2, -0.15) is 10.1 Å². The van der Waals surface area contributed by atoms with Crippen LogP contribution in [0.4, 0.5) is 35.0 Å². The van der Waals surface area contributed by atoms with E-state index in [4.69, 9.17) is 0 Å². The smallest absolute Gasteiger partial charge is 0.244 e. The maximum Gasteiger partial charge on any atom is 0.244 e. The fourth-order valence-corrected chi connectivity index (χ4v) is 3.25. The number of carbonyl (C=O) groups is 1. The topological polar surface area (TPSA) is 88.0 Å². The monoisotopic (exact) mass is 479 g/mol. The summed E-state index contributed by atoms with van der Waals surface area (Å²) in [6.45, 7) is 4.95. The van der Waals surface area contributed by atoms with E-state index in [1.165, 1.54) is 10.9 Å². The number of aromatic nitrogens is 4. The summed E-state index contributed by atoms with van der Waals surface area (Å²) in [7, 11) is 0. The van der Waals surface area contributed by atoms with E-state index in [1.54, 1.807) is 11.1 Å². The maximum absolute atomic E-state index is 14.1. The minimum Gasteiger partial charge on any atom is -0.363 e. The molecule has 0 spiro atoms. The number of amides is 1. The molecule has 0 bridgehead atoms. The molecule has 3 aromatic rings. The van der Waals surface area contributed by atoms with E-state index in [9.17, 15) is 22.4 Å². The van der Waals surface area contributed by atoms with Crippen molar-refractivity contribution in [2.24, 2.45) is 0 Å². The molecule has 0 atom stereocenters. The molecule has 182 valence electrons. The van der Waals surface area contributed by atoms with E-state index in [2.05, 4.69) is 25.7 Å². The van der Waals surface area contributed by atoms with Crippen LogP contribution in [0.1, 0.15) is 32.3 Å². The standard InChI is InChI=1S/C22H25F4N7O/c1-3-5-32(6-4-2)20(34)13-33-12-15(9-29-33)30-22-28-11-19(26)21(31-22)27-10-16-17(24)7-14(23)8-18(16)25/h7-9,11-12H,3-6,10,13H2,1-2H3,(H2,27,28,30,31). The van der Waals surface area contributed by atoms with Crippen LogP contribution >= 0.6 is 0 Å². The third-order valence-corrected chi connectivity index (χ3v) is 4.81. The highest BCUT2D eigenvalue weighted by atomic mass is 19.1. The molecule has 8 nitrogen and oxygen atoms in total. The van der Waals surface area contributed by atoms with Crippen LogP contribution in [-0.2, 0) is 17.9 Å². The lowest BCUT2D eigenvalue weighted by molar-refractivity contribution is -0.132. The molecular weight excluding hydrogens is 454 g/mol. The lowest BCUT2D eigenvalue weighted by Gasteiger charge is -2.21. The Hall–Kier alpha value is -3.70. The molecule has 2 N–H and O–H groups in total. The summed E-state index contributed by atoms with van der Waals surface area (Å²) in [5.41, 5.74) is -0.00132. The van der Waals surface area contributed by atoms with Crippen molar-refractivity contribution in [1.82, 2.24) is 24.6 Å². The second-order valence-electron chi connectivity index (χ2n) is 7.52. The number of nitrogens with one attached hydrogen (secondary N) is 2. The van der Waals surface area contributed by atoms with E-state index in [1.807, 2.05) is 13.8 Å². The second-order valence-corrected chi connectivity index (χ2v) is 7.52. The van der Waals surface area contributed by atoms with Crippen molar-refractivity contribution in [3.63, 3.8) is 0 Å². The molecule has 0 saturated heterocycles. The summed E-state index contributed by atoms with van der Waals surface area (Å²) < 4.78 is 56.3. The van der Waals surface area contributed by atoms with Crippen molar-refractivity contribution in [3.05, 3.63) is 59.6 Å². The van der Waals surface area contributed by atoms with Crippen LogP contribution in [0, 0.1) is 23.3 Å². The lowest BCUT2D eigenvalue weighted by atomic mass is 10.2. The molecule has 0 unspecified atom stereocenters. The summed E-state index contributed by atoms with van der Waals surface area (Å²) in [6.07, 6.45) is 5.64.